The summed E-state index contributed by atoms with van der Waals surface area (Å²) in [6.07, 6.45) is 5.52. The van der Waals surface area contributed by atoms with E-state index in [-0.39, 0.29) is 30.1 Å². The molecule has 0 aliphatic heterocycles. The minimum Gasteiger partial charge on any atom is -0.352 e. The lowest BCUT2D eigenvalue weighted by atomic mass is 9.95. The Morgan fingerprint density at radius 2 is 1.92 bits per heavy atom. The first-order valence-electron chi connectivity index (χ1n) is 8.72. The van der Waals surface area contributed by atoms with Crippen molar-refractivity contribution in [1.82, 2.24) is 19.8 Å². The molecule has 2 amide bonds. The number of nitrogens with zero attached hydrogens (tertiary/aromatic N) is 3. The molecule has 8 heteroatoms. The molecule has 2 aromatic rings. The third-order valence-electron chi connectivity index (χ3n) is 4.46. The maximum Gasteiger partial charge on any atom is 0.276 e. The van der Waals surface area contributed by atoms with Gasteiger partial charge in [0.05, 0.1) is 0 Å². The molecule has 1 fully saturated rings. The van der Waals surface area contributed by atoms with Crippen LogP contribution in [0.1, 0.15) is 48.2 Å². The Kier molecular flexibility index (Phi) is 6.57. The molecule has 0 spiro atoms. The standard InChI is InChI=1S/C18H21ClN4O2S/c19-14-8-6-13(7-9-14)10-23(18(25)16-12-26-22-21-16)11-17(24)20-15-4-2-1-3-5-15/h6-9,12,15H,1-5,10-11H2,(H,20,24). The number of hydrogen-bond acceptors (Lipinski definition) is 5. The van der Waals surface area contributed by atoms with Gasteiger partial charge >= 0.3 is 0 Å². The Balaban J connectivity index is 1.68. The molecular weight excluding hydrogens is 372 g/mol. The SMILES string of the molecule is O=C(CN(Cc1ccc(Cl)cc1)C(=O)c1csnn1)NC1CCCCC1. The van der Waals surface area contributed by atoms with Gasteiger partial charge in [-0.15, -0.1) is 5.10 Å². The van der Waals surface area contributed by atoms with Crippen LogP contribution in [-0.2, 0) is 11.3 Å². The van der Waals surface area contributed by atoms with Crippen LogP contribution in [0.4, 0.5) is 0 Å². The van der Waals surface area contributed by atoms with E-state index in [9.17, 15) is 9.59 Å². The van der Waals surface area contributed by atoms with E-state index < -0.39 is 0 Å². The fourth-order valence-corrected chi connectivity index (χ4v) is 3.68. The van der Waals surface area contributed by atoms with E-state index in [1.165, 1.54) is 11.3 Å². The smallest absolute Gasteiger partial charge is 0.276 e. The zero-order valence-corrected chi connectivity index (χ0v) is 15.9. The summed E-state index contributed by atoms with van der Waals surface area (Å²) in [6.45, 7) is 0.307. The summed E-state index contributed by atoms with van der Waals surface area (Å²) in [5.74, 6) is -0.435. The van der Waals surface area contributed by atoms with Gasteiger partial charge < -0.3 is 10.2 Å². The van der Waals surface area contributed by atoms with Crippen molar-refractivity contribution < 1.29 is 9.59 Å². The molecule has 0 unspecified atom stereocenters. The molecule has 1 N–H and O–H groups in total. The van der Waals surface area contributed by atoms with Crippen molar-refractivity contribution in [2.75, 3.05) is 6.54 Å². The van der Waals surface area contributed by atoms with E-state index in [2.05, 4.69) is 14.9 Å². The van der Waals surface area contributed by atoms with Crippen LogP contribution in [0.15, 0.2) is 29.6 Å². The van der Waals surface area contributed by atoms with Gasteiger partial charge in [-0.1, -0.05) is 47.5 Å². The average molecular weight is 393 g/mol. The van der Waals surface area contributed by atoms with Gasteiger partial charge in [0.1, 0.15) is 6.54 Å². The number of hydrogen-bond donors (Lipinski definition) is 1. The molecule has 1 saturated carbocycles. The van der Waals surface area contributed by atoms with Crippen LogP contribution in [-0.4, -0.2) is 38.9 Å². The van der Waals surface area contributed by atoms with Crippen LogP contribution in [0.3, 0.4) is 0 Å². The molecule has 26 heavy (non-hydrogen) atoms. The fraction of sp³-hybridized carbons (Fsp3) is 0.444. The second kappa shape index (κ2) is 9.09. The average Bonchev–Trinajstić information content (AvgIpc) is 3.18. The first kappa shape index (κ1) is 18.8. The predicted molar refractivity (Wildman–Crippen MR) is 101 cm³/mol. The van der Waals surface area contributed by atoms with E-state index >= 15 is 0 Å². The van der Waals surface area contributed by atoms with E-state index in [0.29, 0.717) is 11.6 Å². The summed E-state index contributed by atoms with van der Waals surface area (Å²) in [5.41, 5.74) is 1.16. The Bertz CT molecular complexity index is 730. The topological polar surface area (TPSA) is 75.2 Å². The summed E-state index contributed by atoms with van der Waals surface area (Å²) >= 11 is 7.04. The highest BCUT2D eigenvalue weighted by molar-refractivity contribution is 7.03. The molecule has 0 radical (unpaired) electrons. The van der Waals surface area contributed by atoms with Gasteiger partial charge in [-0.25, -0.2) is 0 Å². The number of benzene rings is 1. The summed E-state index contributed by atoms with van der Waals surface area (Å²) in [7, 11) is 0. The number of aromatic nitrogens is 2. The molecular formula is C18H21ClN4O2S. The van der Waals surface area contributed by atoms with Crippen molar-refractivity contribution >= 4 is 34.9 Å². The van der Waals surface area contributed by atoms with Crippen LogP contribution in [0.2, 0.25) is 5.02 Å². The van der Waals surface area contributed by atoms with Crippen molar-refractivity contribution in [2.24, 2.45) is 0 Å². The van der Waals surface area contributed by atoms with Gasteiger partial charge in [-0.2, -0.15) is 0 Å². The third kappa shape index (κ3) is 5.25. The normalized spacial score (nSPS) is 14.8. The maximum atomic E-state index is 12.7. The van der Waals surface area contributed by atoms with E-state index in [1.807, 2.05) is 12.1 Å². The number of amides is 2. The van der Waals surface area contributed by atoms with Crippen molar-refractivity contribution in [3.63, 3.8) is 0 Å². The first-order chi connectivity index (χ1) is 12.6. The van der Waals surface area contributed by atoms with E-state index in [4.69, 9.17) is 11.6 Å². The predicted octanol–water partition coefficient (Wildman–Crippen LogP) is 3.28. The monoisotopic (exact) mass is 392 g/mol. The molecule has 1 aromatic carbocycles. The summed E-state index contributed by atoms with van der Waals surface area (Å²) in [5, 5.41) is 9.12. The molecule has 3 rings (SSSR count). The molecule has 0 atom stereocenters. The minimum atomic E-state index is -0.299. The second-order valence-electron chi connectivity index (χ2n) is 6.48. The third-order valence-corrected chi connectivity index (χ3v) is 5.21. The number of halogens is 1. The van der Waals surface area contributed by atoms with Crippen LogP contribution >= 0.6 is 23.1 Å². The molecule has 1 heterocycles. The lowest BCUT2D eigenvalue weighted by Crippen LogP contribution is -2.44. The zero-order chi connectivity index (χ0) is 18.4. The second-order valence-corrected chi connectivity index (χ2v) is 7.53. The number of rotatable bonds is 6. The lowest BCUT2D eigenvalue weighted by molar-refractivity contribution is -0.122. The summed E-state index contributed by atoms with van der Waals surface area (Å²) < 4.78 is 3.74. The lowest BCUT2D eigenvalue weighted by Gasteiger charge is -2.26. The van der Waals surface area contributed by atoms with E-state index in [1.54, 1.807) is 17.5 Å². The highest BCUT2D eigenvalue weighted by Crippen LogP contribution is 2.18. The van der Waals surface area contributed by atoms with Gasteiger partial charge in [0.15, 0.2) is 5.69 Å². The van der Waals surface area contributed by atoms with Crippen LogP contribution in [0, 0.1) is 0 Å². The zero-order valence-electron chi connectivity index (χ0n) is 14.4. The minimum absolute atomic E-state index is 0.00448. The van der Waals surface area contributed by atoms with Gasteiger partial charge in [0.2, 0.25) is 5.91 Å². The van der Waals surface area contributed by atoms with Crippen LogP contribution in [0.25, 0.3) is 0 Å². The first-order valence-corrected chi connectivity index (χ1v) is 9.93. The maximum absolute atomic E-state index is 12.7. The quantitative estimate of drug-likeness (QED) is 0.818. The number of nitrogens with one attached hydrogen (secondary N) is 1. The molecule has 6 nitrogen and oxygen atoms in total. The Morgan fingerprint density at radius 1 is 1.19 bits per heavy atom. The molecule has 1 aliphatic rings. The number of carbonyl (C=O) groups excluding carboxylic acids is 2. The highest BCUT2D eigenvalue weighted by atomic mass is 35.5. The number of carbonyl (C=O) groups is 2. The van der Waals surface area contributed by atoms with Crippen LogP contribution in [0.5, 0.6) is 0 Å². The highest BCUT2D eigenvalue weighted by Gasteiger charge is 2.23. The van der Waals surface area contributed by atoms with Gasteiger partial charge in [0.25, 0.3) is 5.91 Å². The largest absolute Gasteiger partial charge is 0.352 e. The van der Waals surface area contributed by atoms with Gasteiger partial charge in [-0.05, 0) is 42.1 Å². The van der Waals surface area contributed by atoms with Crippen molar-refractivity contribution in [2.45, 2.75) is 44.7 Å². The molecule has 0 bridgehead atoms. The fourth-order valence-electron chi connectivity index (χ4n) is 3.12. The molecule has 0 saturated heterocycles. The molecule has 1 aromatic heterocycles. The Labute approximate surface area is 161 Å². The van der Waals surface area contributed by atoms with Crippen molar-refractivity contribution in [3.05, 3.63) is 45.9 Å². The van der Waals surface area contributed by atoms with Gasteiger partial charge in [-0.3, -0.25) is 9.59 Å². The van der Waals surface area contributed by atoms with E-state index in [0.717, 1.165) is 42.8 Å². The van der Waals surface area contributed by atoms with Crippen molar-refractivity contribution in [3.8, 4) is 0 Å². The molecule has 138 valence electrons. The molecule has 1 aliphatic carbocycles. The summed E-state index contributed by atoms with van der Waals surface area (Å²) in [6, 6.07) is 7.45. The van der Waals surface area contributed by atoms with Crippen molar-refractivity contribution in [1.29, 1.82) is 0 Å². The summed E-state index contributed by atoms with van der Waals surface area (Å²) in [4.78, 5) is 26.7. The Hall–Kier alpha value is -1.99. The Morgan fingerprint density at radius 3 is 2.58 bits per heavy atom. The van der Waals surface area contributed by atoms with Gasteiger partial charge in [0, 0.05) is 23.0 Å². The van der Waals surface area contributed by atoms with Crippen LogP contribution < -0.4 is 5.32 Å².